The zero-order valence-corrected chi connectivity index (χ0v) is 12.1. The molecule has 1 heterocycles. The summed E-state index contributed by atoms with van der Waals surface area (Å²) in [6.07, 6.45) is 4.18. The van der Waals surface area contributed by atoms with Crippen LogP contribution in [0.5, 0.6) is 0 Å². The lowest BCUT2D eigenvalue weighted by Gasteiger charge is -2.38. The molecule has 1 aliphatic rings. The highest BCUT2D eigenvalue weighted by Gasteiger charge is 2.33. The highest BCUT2D eigenvalue weighted by molar-refractivity contribution is 5.86. The van der Waals surface area contributed by atoms with E-state index in [0.717, 1.165) is 31.6 Å². The molecule has 5 nitrogen and oxygen atoms in total. The molecule has 1 aromatic heterocycles. The fraction of sp³-hybridized carbons (Fsp3) is 0.667. The van der Waals surface area contributed by atoms with Crippen LogP contribution in [0.3, 0.4) is 0 Å². The predicted molar refractivity (Wildman–Crippen MR) is 74.3 cm³/mol. The van der Waals surface area contributed by atoms with Crippen LogP contribution >= 0.6 is 0 Å². The smallest absolute Gasteiger partial charge is 0.373 e. The third kappa shape index (κ3) is 3.41. The number of methoxy groups -OCH3 is 1. The number of aliphatic hydroxyl groups excluding tert-OH is 1. The van der Waals surface area contributed by atoms with Crippen molar-refractivity contribution in [2.75, 3.05) is 13.7 Å². The summed E-state index contributed by atoms with van der Waals surface area (Å²) in [4.78, 5) is 11.3. The van der Waals surface area contributed by atoms with E-state index in [4.69, 9.17) is 4.42 Å². The molecule has 0 aromatic carbocycles. The second kappa shape index (κ2) is 6.41. The SMILES string of the molecule is COC(=O)c1ccc(CNC2(CO)CCC(C)CC2)o1. The molecular formula is C15H23NO4. The van der Waals surface area contributed by atoms with Gasteiger partial charge in [-0.3, -0.25) is 0 Å². The molecule has 0 spiro atoms. The van der Waals surface area contributed by atoms with E-state index in [1.54, 1.807) is 12.1 Å². The average Bonchev–Trinajstić information content (AvgIpc) is 2.95. The first-order valence-corrected chi connectivity index (χ1v) is 7.11. The molecule has 1 fully saturated rings. The number of hydrogen-bond donors (Lipinski definition) is 2. The van der Waals surface area contributed by atoms with Crippen LogP contribution in [0.1, 0.15) is 48.9 Å². The lowest BCUT2D eigenvalue weighted by Crippen LogP contribution is -2.50. The van der Waals surface area contributed by atoms with Crippen molar-refractivity contribution in [1.82, 2.24) is 5.32 Å². The Morgan fingerprint density at radius 3 is 2.80 bits per heavy atom. The van der Waals surface area contributed by atoms with Gasteiger partial charge in [-0.2, -0.15) is 0 Å². The van der Waals surface area contributed by atoms with Gasteiger partial charge in [-0.1, -0.05) is 6.92 Å². The van der Waals surface area contributed by atoms with Crippen molar-refractivity contribution < 1.29 is 19.1 Å². The van der Waals surface area contributed by atoms with Gasteiger partial charge in [-0.05, 0) is 43.7 Å². The van der Waals surface area contributed by atoms with E-state index in [2.05, 4.69) is 17.0 Å². The molecule has 0 atom stereocenters. The summed E-state index contributed by atoms with van der Waals surface area (Å²) in [6.45, 7) is 2.88. The van der Waals surface area contributed by atoms with Crippen molar-refractivity contribution in [3.05, 3.63) is 23.7 Å². The minimum absolute atomic E-state index is 0.129. The number of carbonyl (C=O) groups is 1. The van der Waals surface area contributed by atoms with E-state index >= 15 is 0 Å². The molecule has 2 N–H and O–H groups in total. The summed E-state index contributed by atoms with van der Waals surface area (Å²) < 4.78 is 10.0. The largest absolute Gasteiger partial charge is 0.463 e. The maximum atomic E-state index is 11.3. The Morgan fingerprint density at radius 2 is 2.20 bits per heavy atom. The van der Waals surface area contributed by atoms with Crippen LogP contribution in [0, 0.1) is 5.92 Å². The number of carbonyl (C=O) groups excluding carboxylic acids is 1. The minimum atomic E-state index is -0.473. The maximum Gasteiger partial charge on any atom is 0.373 e. The lowest BCUT2D eigenvalue weighted by molar-refractivity contribution is 0.0561. The Hall–Kier alpha value is -1.33. The topological polar surface area (TPSA) is 71.7 Å². The van der Waals surface area contributed by atoms with Crippen molar-refractivity contribution in [3.8, 4) is 0 Å². The van der Waals surface area contributed by atoms with Crippen LogP contribution in [0.15, 0.2) is 16.5 Å². The predicted octanol–water partition coefficient (Wildman–Crippen LogP) is 2.10. The van der Waals surface area contributed by atoms with Crippen molar-refractivity contribution in [2.45, 2.75) is 44.7 Å². The Kier molecular flexibility index (Phi) is 4.83. The highest BCUT2D eigenvalue weighted by Crippen LogP contribution is 2.31. The molecule has 112 valence electrons. The van der Waals surface area contributed by atoms with E-state index < -0.39 is 5.97 Å². The summed E-state index contributed by atoms with van der Waals surface area (Å²) >= 11 is 0. The number of aliphatic hydroxyl groups is 1. The molecule has 1 saturated carbocycles. The van der Waals surface area contributed by atoms with Gasteiger partial charge in [0.15, 0.2) is 0 Å². The van der Waals surface area contributed by atoms with E-state index in [9.17, 15) is 9.90 Å². The zero-order valence-electron chi connectivity index (χ0n) is 12.1. The van der Waals surface area contributed by atoms with Crippen LogP contribution in [0.25, 0.3) is 0 Å². The van der Waals surface area contributed by atoms with Gasteiger partial charge in [0, 0.05) is 5.54 Å². The maximum absolute atomic E-state index is 11.3. The van der Waals surface area contributed by atoms with Crippen molar-refractivity contribution in [3.63, 3.8) is 0 Å². The van der Waals surface area contributed by atoms with Crippen LogP contribution in [-0.2, 0) is 11.3 Å². The normalized spacial score (nSPS) is 26.4. The number of furan rings is 1. The molecule has 0 saturated heterocycles. The molecule has 0 amide bonds. The summed E-state index contributed by atoms with van der Waals surface area (Å²) in [5.41, 5.74) is -0.218. The molecule has 2 rings (SSSR count). The van der Waals surface area contributed by atoms with Gasteiger partial charge in [-0.25, -0.2) is 4.79 Å². The van der Waals surface area contributed by atoms with Gasteiger partial charge in [0.2, 0.25) is 5.76 Å². The number of hydrogen-bond acceptors (Lipinski definition) is 5. The second-order valence-corrected chi connectivity index (χ2v) is 5.73. The number of nitrogens with one attached hydrogen (secondary N) is 1. The minimum Gasteiger partial charge on any atom is -0.463 e. The van der Waals surface area contributed by atoms with Gasteiger partial charge >= 0.3 is 5.97 Å². The molecular weight excluding hydrogens is 258 g/mol. The first-order chi connectivity index (χ1) is 9.58. The fourth-order valence-corrected chi connectivity index (χ4v) is 2.66. The molecule has 0 bridgehead atoms. The average molecular weight is 281 g/mol. The molecule has 0 unspecified atom stereocenters. The highest BCUT2D eigenvalue weighted by atomic mass is 16.5. The van der Waals surface area contributed by atoms with Gasteiger partial charge in [0.05, 0.1) is 20.3 Å². The molecule has 20 heavy (non-hydrogen) atoms. The molecule has 0 aliphatic heterocycles. The summed E-state index contributed by atoms with van der Waals surface area (Å²) in [5, 5.41) is 13.1. The number of esters is 1. The van der Waals surface area contributed by atoms with Crippen LogP contribution in [-0.4, -0.2) is 30.3 Å². The van der Waals surface area contributed by atoms with Gasteiger partial charge in [-0.15, -0.1) is 0 Å². The third-order valence-electron chi connectivity index (χ3n) is 4.22. The van der Waals surface area contributed by atoms with E-state index in [1.807, 2.05) is 0 Å². The van der Waals surface area contributed by atoms with E-state index in [-0.39, 0.29) is 17.9 Å². The van der Waals surface area contributed by atoms with E-state index in [0.29, 0.717) is 12.3 Å². The van der Waals surface area contributed by atoms with Crippen LogP contribution in [0.2, 0.25) is 0 Å². The molecule has 0 radical (unpaired) electrons. The number of ether oxygens (including phenoxy) is 1. The Morgan fingerprint density at radius 1 is 1.50 bits per heavy atom. The molecule has 5 heteroatoms. The third-order valence-corrected chi connectivity index (χ3v) is 4.22. The monoisotopic (exact) mass is 281 g/mol. The second-order valence-electron chi connectivity index (χ2n) is 5.73. The van der Waals surface area contributed by atoms with Gasteiger partial charge in [0.25, 0.3) is 0 Å². The summed E-state index contributed by atoms with van der Waals surface area (Å²) in [6, 6.07) is 3.37. The van der Waals surface area contributed by atoms with Gasteiger partial charge in [0.1, 0.15) is 5.76 Å². The Balaban J connectivity index is 1.93. The fourth-order valence-electron chi connectivity index (χ4n) is 2.66. The van der Waals surface area contributed by atoms with Crippen molar-refractivity contribution in [2.24, 2.45) is 5.92 Å². The quantitative estimate of drug-likeness (QED) is 0.809. The lowest BCUT2D eigenvalue weighted by atomic mass is 9.77. The summed E-state index contributed by atoms with van der Waals surface area (Å²) in [5.74, 6) is 1.14. The Labute approximate surface area is 119 Å². The molecule has 1 aromatic rings. The van der Waals surface area contributed by atoms with Crippen LogP contribution in [0.4, 0.5) is 0 Å². The van der Waals surface area contributed by atoms with Crippen LogP contribution < -0.4 is 5.32 Å². The number of rotatable bonds is 5. The summed E-state index contributed by atoms with van der Waals surface area (Å²) in [7, 11) is 1.33. The standard InChI is InChI=1S/C15H23NO4/c1-11-5-7-15(10-17,8-6-11)16-9-12-3-4-13(20-12)14(18)19-2/h3-4,11,16-17H,5-10H2,1-2H3. The zero-order chi connectivity index (χ0) is 14.6. The first-order valence-electron chi connectivity index (χ1n) is 7.11. The molecule has 1 aliphatic carbocycles. The van der Waals surface area contributed by atoms with Crippen molar-refractivity contribution in [1.29, 1.82) is 0 Å². The van der Waals surface area contributed by atoms with Crippen molar-refractivity contribution >= 4 is 5.97 Å². The van der Waals surface area contributed by atoms with Gasteiger partial charge < -0.3 is 19.6 Å². The first kappa shape index (κ1) is 15.1. The Bertz CT molecular complexity index is 446. The van der Waals surface area contributed by atoms with E-state index in [1.165, 1.54) is 7.11 Å².